The molecule has 0 bridgehead atoms. The van der Waals surface area contributed by atoms with E-state index in [0.29, 0.717) is 6.42 Å². The van der Waals surface area contributed by atoms with Crippen LogP contribution in [0.25, 0.3) is 0 Å². The Bertz CT molecular complexity index is 604. The van der Waals surface area contributed by atoms with Crippen LogP contribution in [0.1, 0.15) is 35.4 Å². The molecule has 1 aliphatic heterocycles. The van der Waals surface area contributed by atoms with Gasteiger partial charge in [-0.2, -0.15) is 0 Å². The SMILES string of the molecule is Cc1ccsc1C1(C)CC(=O)NC1c1ccccc1. The van der Waals surface area contributed by atoms with Crippen molar-refractivity contribution in [2.24, 2.45) is 0 Å². The normalized spacial score (nSPS) is 26.4. The van der Waals surface area contributed by atoms with Crippen molar-refractivity contribution in [3.05, 3.63) is 57.8 Å². The summed E-state index contributed by atoms with van der Waals surface area (Å²) >= 11 is 1.75. The zero-order valence-electron chi connectivity index (χ0n) is 11.1. The first-order chi connectivity index (χ1) is 9.11. The van der Waals surface area contributed by atoms with Crippen molar-refractivity contribution in [1.29, 1.82) is 0 Å². The first-order valence-electron chi connectivity index (χ1n) is 6.50. The minimum absolute atomic E-state index is 0.0681. The van der Waals surface area contributed by atoms with E-state index in [0.717, 1.165) is 0 Å². The lowest BCUT2D eigenvalue weighted by molar-refractivity contribution is -0.119. The molecular formula is C16H17NOS. The van der Waals surface area contributed by atoms with Crippen LogP contribution in [0.5, 0.6) is 0 Å². The molecule has 2 atom stereocenters. The summed E-state index contributed by atoms with van der Waals surface area (Å²) in [5.74, 6) is 0.143. The van der Waals surface area contributed by atoms with E-state index < -0.39 is 0 Å². The first kappa shape index (κ1) is 12.4. The van der Waals surface area contributed by atoms with Gasteiger partial charge >= 0.3 is 0 Å². The van der Waals surface area contributed by atoms with Crippen LogP contribution in [-0.4, -0.2) is 5.91 Å². The van der Waals surface area contributed by atoms with Gasteiger partial charge in [0.05, 0.1) is 6.04 Å². The molecule has 1 amide bonds. The van der Waals surface area contributed by atoms with Crippen LogP contribution < -0.4 is 5.32 Å². The highest BCUT2D eigenvalue weighted by atomic mass is 32.1. The standard InChI is InChI=1S/C16H17NOS/c1-11-8-9-19-15(11)16(2)10-13(18)17-14(16)12-6-4-3-5-7-12/h3-9,14H,10H2,1-2H3,(H,17,18). The summed E-state index contributed by atoms with van der Waals surface area (Å²) in [5, 5.41) is 5.26. The van der Waals surface area contributed by atoms with Crippen LogP contribution in [0.2, 0.25) is 0 Å². The Morgan fingerprint density at radius 3 is 2.63 bits per heavy atom. The number of benzene rings is 1. The molecule has 2 unspecified atom stereocenters. The molecule has 1 aromatic carbocycles. The molecule has 2 aromatic rings. The molecule has 0 spiro atoms. The van der Waals surface area contributed by atoms with E-state index in [4.69, 9.17) is 0 Å². The zero-order chi connectivity index (χ0) is 13.5. The van der Waals surface area contributed by atoms with E-state index in [1.54, 1.807) is 11.3 Å². The molecule has 98 valence electrons. The molecule has 1 N–H and O–H groups in total. The minimum atomic E-state index is -0.142. The predicted molar refractivity (Wildman–Crippen MR) is 78.4 cm³/mol. The summed E-state index contributed by atoms with van der Waals surface area (Å²) in [6.07, 6.45) is 0.563. The highest BCUT2D eigenvalue weighted by Gasteiger charge is 2.46. The molecule has 1 aliphatic rings. The van der Waals surface area contributed by atoms with E-state index in [1.165, 1.54) is 16.0 Å². The Kier molecular flexibility index (Phi) is 2.94. The molecule has 0 aliphatic carbocycles. The van der Waals surface area contributed by atoms with Crippen LogP contribution in [0, 0.1) is 6.92 Å². The number of amides is 1. The summed E-state index contributed by atoms with van der Waals surface area (Å²) in [6.45, 7) is 4.32. The number of hydrogen-bond donors (Lipinski definition) is 1. The first-order valence-corrected chi connectivity index (χ1v) is 7.38. The summed E-state index contributed by atoms with van der Waals surface area (Å²) in [7, 11) is 0. The molecule has 1 fully saturated rings. The minimum Gasteiger partial charge on any atom is -0.348 e. The van der Waals surface area contributed by atoms with Crippen LogP contribution in [0.15, 0.2) is 41.8 Å². The maximum absolute atomic E-state index is 11.9. The number of nitrogens with one attached hydrogen (secondary N) is 1. The third kappa shape index (κ3) is 1.98. The third-order valence-corrected chi connectivity index (χ3v) is 5.28. The number of rotatable bonds is 2. The summed E-state index contributed by atoms with van der Waals surface area (Å²) in [4.78, 5) is 13.3. The van der Waals surface area contributed by atoms with Gasteiger partial charge in [-0.25, -0.2) is 0 Å². The number of aryl methyl sites for hydroxylation is 1. The second-order valence-electron chi connectivity index (χ2n) is 5.44. The van der Waals surface area contributed by atoms with Gasteiger partial charge < -0.3 is 5.32 Å². The topological polar surface area (TPSA) is 29.1 Å². The second-order valence-corrected chi connectivity index (χ2v) is 6.35. The van der Waals surface area contributed by atoms with Crippen LogP contribution in [0.3, 0.4) is 0 Å². The Balaban J connectivity index is 2.08. The van der Waals surface area contributed by atoms with Gasteiger partial charge in [-0.15, -0.1) is 11.3 Å². The molecule has 0 radical (unpaired) electrons. The number of thiophene rings is 1. The van der Waals surface area contributed by atoms with Gasteiger partial charge in [0.1, 0.15) is 0 Å². The second kappa shape index (κ2) is 4.49. The fourth-order valence-corrected chi connectivity index (χ4v) is 4.19. The monoisotopic (exact) mass is 271 g/mol. The molecule has 0 saturated carbocycles. The van der Waals surface area contributed by atoms with E-state index in [9.17, 15) is 4.79 Å². The Hall–Kier alpha value is -1.61. The van der Waals surface area contributed by atoms with Crippen LogP contribution >= 0.6 is 11.3 Å². The average molecular weight is 271 g/mol. The fraction of sp³-hybridized carbons (Fsp3) is 0.312. The van der Waals surface area contributed by atoms with Crippen LogP contribution in [-0.2, 0) is 10.2 Å². The quantitative estimate of drug-likeness (QED) is 0.888. The average Bonchev–Trinajstić information content (AvgIpc) is 2.95. The number of carbonyl (C=O) groups excluding carboxylic acids is 1. The molecule has 19 heavy (non-hydrogen) atoms. The van der Waals surface area contributed by atoms with E-state index in [2.05, 4.69) is 42.7 Å². The maximum atomic E-state index is 11.9. The van der Waals surface area contributed by atoms with E-state index >= 15 is 0 Å². The highest BCUT2D eigenvalue weighted by Crippen LogP contribution is 2.47. The van der Waals surface area contributed by atoms with Crippen molar-refractivity contribution in [2.45, 2.75) is 31.7 Å². The molecule has 1 aromatic heterocycles. The Labute approximate surface area is 117 Å². The number of carbonyl (C=O) groups is 1. The van der Waals surface area contributed by atoms with E-state index in [1.807, 2.05) is 18.2 Å². The third-order valence-electron chi connectivity index (χ3n) is 3.98. The summed E-state index contributed by atoms with van der Waals surface area (Å²) in [5.41, 5.74) is 2.32. The van der Waals surface area contributed by atoms with Crippen molar-refractivity contribution in [1.82, 2.24) is 5.32 Å². The predicted octanol–water partition coefficient (Wildman–Crippen LogP) is 3.58. The van der Waals surface area contributed by atoms with Gasteiger partial charge in [-0.05, 0) is 29.5 Å². The van der Waals surface area contributed by atoms with Gasteiger partial charge in [0.15, 0.2) is 0 Å². The summed E-state index contributed by atoms with van der Waals surface area (Å²) < 4.78 is 0. The molecular weight excluding hydrogens is 254 g/mol. The molecule has 1 saturated heterocycles. The number of hydrogen-bond acceptors (Lipinski definition) is 2. The molecule has 3 heteroatoms. The van der Waals surface area contributed by atoms with Crippen molar-refractivity contribution in [2.75, 3.05) is 0 Å². The van der Waals surface area contributed by atoms with Gasteiger partial charge in [-0.3, -0.25) is 4.79 Å². The zero-order valence-corrected chi connectivity index (χ0v) is 12.0. The smallest absolute Gasteiger partial charge is 0.221 e. The van der Waals surface area contributed by atoms with Crippen LogP contribution in [0.4, 0.5) is 0 Å². The lowest BCUT2D eigenvalue weighted by Gasteiger charge is -2.30. The lowest BCUT2D eigenvalue weighted by atomic mass is 9.77. The highest BCUT2D eigenvalue weighted by molar-refractivity contribution is 7.10. The van der Waals surface area contributed by atoms with Crippen molar-refractivity contribution < 1.29 is 4.79 Å². The Morgan fingerprint density at radius 2 is 2.00 bits per heavy atom. The van der Waals surface area contributed by atoms with Gasteiger partial charge in [0, 0.05) is 16.7 Å². The Morgan fingerprint density at radius 1 is 1.26 bits per heavy atom. The van der Waals surface area contributed by atoms with E-state index in [-0.39, 0.29) is 17.4 Å². The van der Waals surface area contributed by atoms with Crippen molar-refractivity contribution in [3.8, 4) is 0 Å². The van der Waals surface area contributed by atoms with Gasteiger partial charge in [-0.1, -0.05) is 37.3 Å². The van der Waals surface area contributed by atoms with Crippen molar-refractivity contribution >= 4 is 17.2 Å². The summed E-state index contributed by atoms with van der Waals surface area (Å²) in [6, 6.07) is 12.5. The van der Waals surface area contributed by atoms with Gasteiger partial charge in [0.2, 0.25) is 5.91 Å². The van der Waals surface area contributed by atoms with Crippen molar-refractivity contribution in [3.63, 3.8) is 0 Å². The molecule has 2 heterocycles. The molecule has 2 nitrogen and oxygen atoms in total. The van der Waals surface area contributed by atoms with Gasteiger partial charge in [0.25, 0.3) is 0 Å². The largest absolute Gasteiger partial charge is 0.348 e. The molecule has 3 rings (SSSR count). The lowest BCUT2D eigenvalue weighted by Crippen LogP contribution is -2.30. The fourth-order valence-electron chi connectivity index (χ4n) is 3.07. The maximum Gasteiger partial charge on any atom is 0.221 e.